The van der Waals surface area contributed by atoms with E-state index >= 15 is 0 Å². The van der Waals surface area contributed by atoms with Crippen LogP contribution in [0.15, 0.2) is 0 Å². The number of hydrogen-bond acceptors (Lipinski definition) is 20. The Kier molecular flexibility index (Phi) is 19.6. The van der Waals surface area contributed by atoms with Crippen LogP contribution in [-0.2, 0) is 85.7 Å². The van der Waals surface area contributed by atoms with E-state index in [0.717, 1.165) is 55.4 Å². The second kappa shape index (κ2) is 23.5. The molecular formula is C34H50N4O20. The first kappa shape index (κ1) is 48.4. The molecule has 0 bridgehead atoms. The third-order valence-electron chi connectivity index (χ3n) is 7.74. The highest BCUT2D eigenvalue weighted by atomic mass is 16.7. The van der Waals surface area contributed by atoms with Crippen molar-refractivity contribution < 1.29 is 95.3 Å². The highest BCUT2D eigenvalue weighted by molar-refractivity contribution is 5.76. The lowest BCUT2D eigenvalue weighted by Crippen LogP contribution is -2.67. The lowest BCUT2D eigenvalue weighted by atomic mass is 9.96. The maximum atomic E-state index is 13.0. The van der Waals surface area contributed by atoms with Gasteiger partial charge in [0, 0.05) is 68.5 Å². The summed E-state index contributed by atoms with van der Waals surface area (Å²) >= 11 is 0. The molecule has 0 radical (unpaired) electrons. The molecule has 2 heterocycles. The van der Waals surface area contributed by atoms with Gasteiger partial charge in [-0.1, -0.05) is 0 Å². The molecule has 0 aliphatic carbocycles. The van der Waals surface area contributed by atoms with Gasteiger partial charge in [-0.25, -0.2) is 9.59 Å². The third-order valence-corrected chi connectivity index (χ3v) is 7.74. The molecule has 0 aromatic heterocycles. The highest BCUT2D eigenvalue weighted by Gasteiger charge is 2.54. The van der Waals surface area contributed by atoms with Crippen molar-refractivity contribution in [2.24, 2.45) is 0 Å². The predicted octanol–water partition coefficient (Wildman–Crippen LogP) is -1.47. The molecule has 10 atom stereocenters. The molecular weight excluding hydrogens is 784 g/mol. The molecule has 0 aromatic carbocycles. The SMILES string of the molecule is CC(=O)OC[C@H]1O[C@@H](OC(C)=O)[C@H](NC(=O)NCCCCNC(=O)N[C@H]2[C@H](OC(C)=O)O[C@H](COC(C)=O)[C@@H](OC(C)=O)[C@@H]2OC(C)=O)[C@@H](OC(C)=O)[C@@H]1OC(C)=O. The molecule has 0 unspecified atom stereocenters. The Morgan fingerprint density at radius 2 is 0.707 bits per heavy atom. The van der Waals surface area contributed by atoms with E-state index in [0.29, 0.717) is 0 Å². The monoisotopic (exact) mass is 834 g/mol. The molecule has 24 nitrogen and oxygen atoms in total. The van der Waals surface area contributed by atoms with Gasteiger partial charge < -0.3 is 68.6 Å². The second-order valence-electron chi connectivity index (χ2n) is 12.8. The Balaban J connectivity index is 2.09. The summed E-state index contributed by atoms with van der Waals surface area (Å²) in [7, 11) is 0. The van der Waals surface area contributed by atoms with Crippen molar-refractivity contribution in [1.82, 2.24) is 21.3 Å². The van der Waals surface area contributed by atoms with Gasteiger partial charge in [-0.15, -0.1) is 0 Å². The van der Waals surface area contributed by atoms with Crippen LogP contribution in [0.25, 0.3) is 0 Å². The number of esters is 8. The van der Waals surface area contributed by atoms with Crippen molar-refractivity contribution in [3.05, 3.63) is 0 Å². The van der Waals surface area contributed by atoms with Crippen molar-refractivity contribution in [3.63, 3.8) is 0 Å². The fourth-order valence-electron chi connectivity index (χ4n) is 5.70. The zero-order chi connectivity index (χ0) is 43.7. The first-order valence-corrected chi connectivity index (χ1v) is 17.9. The van der Waals surface area contributed by atoms with Crippen LogP contribution >= 0.6 is 0 Å². The number of rotatable bonds is 17. The average molecular weight is 835 g/mol. The smallest absolute Gasteiger partial charge is 0.315 e. The third kappa shape index (κ3) is 16.8. The van der Waals surface area contributed by atoms with E-state index in [1.165, 1.54) is 0 Å². The van der Waals surface area contributed by atoms with Crippen LogP contribution in [0.3, 0.4) is 0 Å². The Bertz CT molecular complexity index is 1410. The molecule has 2 rings (SSSR count). The van der Waals surface area contributed by atoms with Gasteiger partial charge in [-0.2, -0.15) is 0 Å². The molecule has 0 saturated carbocycles. The van der Waals surface area contributed by atoms with Crippen LogP contribution in [0.1, 0.15) is 68.2 Å². The van der Waals surface area contributed by atoms with E-state index in [4.69, 9.17) is 47.4 Å². The molecule has 0 spiro atoms. The predicted molar refractivity (Wildman–Crippen MR) is 186 cm³/mol. The van der Waals surface area contributed by atoms with Gasteiger partial charge in [-0.3, -0.25) is 38.4 Å². The van der Waals surface area contributed by atoms with Crippen LogP contribution < -0.4 is 21.3 Å². The Morgan fingerprint density at radius 3 is 0.983 bits per heavy atom. The van der Waals surface area contributed by atoms with Crippen LogP contribution in [0.2, 0.25) is 0 Å². The van der Waals surface area contributed by atoms with E-state index in [-0.39, 0.29) is 25.9 Å². The Labute approximate surface area is 332 Å². The molecule has 4 N–H and O–H groups in total. The first-order valence-electron chi connectivity index (χ1n) is 17.9. The van der Waals surface area contributed by atoms with Gasteiger partial charge >= 0.3 is 59.8 Å². The van der Waals surface area contributed by atoms with Crippen LogP contribution in [0, 0.1) is 0 Å². The van der Waals surface area contributed by atoms with E-state index in [2.05, 4.69) is 21.3 Å². The van der Waals surface area contributed by atoms with Crippen LogP contribution in [0.4, 0.5) is 9.59 Å². The molecule has 4 amide bonds. The molecule has 2 aliphatic rings. The van der Waals surface area contributed by atoms with Gasteiger partial charge in [0.15, 0.2) is 24.4 Å². The fraction of sp³-hybridized carbons (Fsp3) is 0.706. The van der Waals surface area contributed by atoms with Crippen molar-refractivity contribution in [2.45, 2.75) is 130 Å². The zero-order valence-electron chi connectivity index (χ0n) is 33.2. The zero-order valence-corrected chi connectivity index (χ0v) is 33.2. The Morgan fingerprint density at radius 1 is 0.414 bits per heavy atom. The summed E-state index contributed by atoms with van der Waals surface area (Å²) < 4.78 is 53.3. The quantitative estimate of drug-likeness (QED) is 0.0738. The van der Waals surface area contributed by atoms with Gasteiger partial charge in [0.2, 0.25) is 12.6 Å². The van der Waals surface area contributed by atoms with Crippen molar-refractivity contribution in [1.29, 1.82) is 0 Å². The number of carbonyl (C=O) groups excluding carboxylic acids is 10. The van der Waals surface area contributed by atoms with Gasteiger partial charge in [0.05, 0.1) is 0 Å². The molecule has 0 aromatic rings. The number of ether oxygens (including phenoxy) is 10. The normalized spacial score (nSPS) is 26.2. The minimum absolute atomic E-state index is 0.00886. The summed E-state index contributed by atoms with van der Waals surface area (Å²) in [6, 6.07) is -4.56. The number of amides is 4. The van der Waals surface area contributed by atoms with Crippen molar-refractivity contribution >= 4 is 59.8 Å². The molecule has 24 heteroatoms. The van der Waals surface area contributed by atoms with Crippen LogP contribution in [0.5, 0.6) is 0 Å². The average Bonchev–Trinajstić information content (AvgIpc) is 3.08. The van der Waals surface area contributed by atoms with Crippen molar-refractivity contribution in [3.8, 4) is 0 Å². The molecule has 326 valence electrons. The lowest BCUT2D eigenvalue weighted by Gasteiger charge is -2.44. The van der Waals surface area contributed by atoms with Gasteiger partial charge in [0.25, 0.3) is 0 Å². The highest BCUT2D eigenvalue weighted by Crippen LogP contribution is 2.29. The topological polar surface area (TPSA) is 311 Å². The minimum atomic E-state index is -1.60. The summed E-state index contributed by atoms with van der Waals surface area (Å²) in [5, 5.41) is 10.1. The fourth-order valence-corrected chi connectivity index (χ4v) is 5.70. The van der Waals surface area contributed by atoms with Crippen LogP contribution in [-0.4, -0.2) is 147 Å². The number of urea groups is 2. The number of nitrogens with one attached hydrogen (secondary N) is 4. The summed E-state index contributed by atoms with van der Waals surface area (Å²) in [4.78, 5) is 121. The van der Waals surface area contributed by atoms with Gasteiger partial charge in [0.1, 0.15) is 37.5 Å². The summed E-state index contributed by atoms with van der Waals surface area (Å²) in [5.74, 6) is -6.48. The van der Waals surface area contributed by atoms with Crippen molar-refractivity contribution in [2.75, 3.05) is 26.3 Å². The molecule has 2 saturated heterocycles. The largest absolute Gasteiger partial charge is 0.463 e. The minimum Gasteiger partial charge on any atom is -0.463 e. The Hall–Kier alpha value is -5.78. The first-order chi connectivity index (χ1) is 27.2. The maximum absolute atomic E-state index is 13.0. The number of unbranched alkanes of at least 4 members (excludes halogenated alkanes) is 1. The number of hydrogen-bond donors (Lipinski definition) is 4. The summed E-state index contributed by atoms with van der Waals surface area (Å²) in [5.41, 5.74) is 0. The van der Waals surface area contributed by atoms with E-state index < -0.39 is 134 Å². The lowest BCUT2D eigenvalue weighted by molar-refractivity contribution is -0.270. The van der Waals surface area contributed by atoms with E-state index in [1.54, 1.807) is 0 Å². The molecule has 2 fully saturated rings. The molecule has 2 aliphatic heterocycles. The van der Waals surface area contributed by atoms with E-state index in [9.17, 15) is 47.9 Å². The standard InChI is InChI=1S/C34H50N4O20/c1-15(39)49-13-23-27(51-17(3)41)29(53-19(5)43)25(31(57-23)55-21(7)45)37-33(47)35-11-9-10-12-36-34(48)38-26-30(54-20(6)44)28(52-18(4)42)24(14-50-16(2)40)58-32(26)56-22(8)46/h23-32H,9-14H2,1-8H3,(H2,35,37,47)(H2,36,38,48)/t23-,24-,25-,26-,27-,28-,29-,30-,31-,32-/m1/s1. The number of carbonyl (C=O) groups is 10. The molecule has 58 heavy (non-hydrogen) atoms. The summed E-state index contributed by atoms with van der Waals surface area (Å²) in [6.45, 7) is 7.60. The maximum Gasteiger partial charge on any atom is 0.315 e. The van der Waals surface area contributed by atoms with Gasteiger partial charge in [-0.05, 0) is 12.8 Å². The van der Waals surface area contributed by atoms with E-state index in [1.807, 2.05) is 0 Å². The second-order valence-corrected chi connectivity index (χ2v) is 12.8. The summed E-state index contributed by atoms with van der Waals surface area (Å²) in [6.07, 6.45) is -11.0.